The molecule has 2 unspecified atom stereocenters. The molecule has 0 spiro atoms. The molecular weight excluding hydrogens is 268 g/mol. The quantitative estimate of drug-likeness (QED) is 0.850. The maximum atomic E-state index is 12.8. The van der Waals surface area contributed by atoms with E-state index in [1.165, 1.54) is 0 Å². The fourth-order valence-electron chi connectivity index (χ4n) is 3.56. The van der Waals surface area contributed by atoms with Gasteiger partial charge in [0.15, 0.2) is 0 Å². The van der Waals surface area contributed by atoms with Crippen molar-refractivity contribution in [3.05, 3.63) is 0 Å². The van der Waals surface area contributed by atoms with Gasteiger partial charge in [-0.1, -0.05) is 13.8 Å². The molecule has 0 aromatic rings. The van der Waals surface area contributed by atoms with Gasteiger partial charge in [0.2, 0.25) is 11.8 Å². The van der Waals surface area contributed by atoms with Gasteiger partial charge in [0.25, 0.3) is 0 Å². The molecule has 2 aliphatic heterocycles. The van der Waals surface area contributed by atoms with Crippen LogP contribution in [-0.4, -0.2) is 48.6 Å². The van der Waals surface area contributed by atoms with E-state index in [9.17, 15) is 9.59 Å². The molecular formula is C16H26N2O3. The summed E-state index contributed by atoms with van der Waals surface area (Å²) in [5.41, 5.74) is 0.0764. The predicted octanol–water partition coefficient (Wildman–Crippen LogP) is 1.32. The van der Waals surface area contributed by atoms with Crippen LogP contribution in [0.2, 0.25) is 0 Å². The van der Waals surface area contributed by atoms with Crippen LogP contribution < -0.4 is 5.32 Å². The topological polar surface area (TPSA) is 58.6 Å². The average molecular weight is 294 g/mol. The third kappa shape index (κ3) is 2.93. The van der Waals surface area contributed by atoms with Crippen molar-refractivity contribution < 1.29 is 14.3 Å². The highest BCUT2D eigenvalue weighted by molar-refractivity contribution is 5.97. The third-order valence-corrected chi connectivity index (χ3v) is 5.26. The van der Waals surface area contributed by atoms with Gasteiger partial charge in [-0.2, -0.15) is 0 Å². The van der Waals surface area contributed by atoms with Crippen molar-refractivity contribution in [2.45, 2.75) is 58.0 Å². The van der Waals surface area contributed by atoms with Gasteiger partial charge >= 0.3 is 0 Å². The first-order valence-electron chi connectivity index (χ1n) is 8.23. The largest absolute Gasteiger partial charge is 0.381 e. The van der Waals surface area contributed by atoms with Crippen molar-refractivity contribution in [1.82, 2.24) is 10.2 Å². The van der Waals surface area contributed by atoms with Crippen LogP contribution in [0.1, 0.15) is 46.0 Å². The number of rotatable bonds is 4. The van der Waals surface area contributed by atoms with E-state index in [0.29, 0.717) is 18.9 Å². The molecule has 2 heterocycles. The Morgan fingerprint density at radius 2 is 1.95 bits per heavy atom. The van der Waals surface area contributed by atoms with E-state index in [1.54, 1.807) is 0 Å². The molecule has 0 radical (unpaired) electrons. The molecule has 1 N–H and O–H groups in total. The summed E-state index contributed by atoms with van der Waals surface area (Å²) < 4.78 is 5.44. The van der Waals surface area contributed by atoms with Gasteiger partial charge in [0.1, 0.15) is 12.1 Å². The van der Waals surface area contributed by atoms with Gasteiger partial charge in [-0.05, 0) is 43.4 Å². The number of carbonyl (C=O) groups excluding carboxylic acids is 2. The molecule has 2 amide bonds. The molecule has 118 valence electrons. The third-order valence-electron chi connectivity index (χ3n) is 5.26. The molecule has 0 aromatic heterocycles. The molecule has 3 fully saturated rings. The summed E-state index contributed by atoms with van der Waals surface area (Å²) in [6.45, 7) is 6.40. The summed E-state index contributed by atoms with van der Waals surface area (Å²) in [7, 11) is 0. The van der Waals surface area contributed by atoms with Crippen molar-refractivity contribution in [1.29, 1.82) is 0 Å². The van der Waals surface area contributed by atoms with Gasteiger partial charge < -0.3 is 15.0 Å². The smallest absolute Gasteiger partial charge is 0.246 e. The Hall–Kier alpha value is -1.10. The molecule has 1 aliphatic carbocycles. The van der Waals surface area contributed by atoms with Crippen LogP contribution in [0.5, 0.6) is 0 Å². The Balaban J connectivity index is 1.77. The van der Waals surface area contributed by atoms with Crippen LogP contribution in [0.25, 0.3) is 0 Å². The van der Waals surface area contributed by atoms with E-state index >= 15 is 0 Å². The van der Waals surface area contributed by atoms with Crippen LogP contribution >= 0.6 is 0 Å². The minimum Gasteiger partial charge on any atom is -0.381 e. The Morgan fingerprint density at radius 1 is 1.29 bits per heavy atom. The second-order valence-corrected chi connectivity index (χ2v) is 7.14. The Morgan fingerprint density at radius 3 is 2.52 bits per heavy atom. The number of amides is 2. The van der Waals surface area contributed by atoms with Gasteiger partial charge in [-0.25, -0.2) is 0 Å². The van der Waals surface area contributed by atoms with Crippen LogP contribution in [0.3, 0.4) is 0 Å². The molecule has 0 bridgehead atoms. The summed E-state index contributed by atoms with van der Waals surface area (Å²) in [6.07, 6.45) is 4.73. The standard InChI is InChI=1S/C16H26N2O3/c1-3-12-14(19)17-13(11-4-5-11)15(20)18(12)10-16(2)6-8-21-9-7-16/h11-13H,3-10H2,1-2H3,(H,17,19). The minimum absolute atomic E-state index is 0.0321. The fraction of sp³-hybridized carbons (Fsp3) is 0.875. The second-order valence-electron chi connectivity index (χ2n) is 7.14. The molecule has 0 aromatic carbocycles. The first-order valence-corrected chi connectivity index (χ1v) is 8.23. The molecule has 2 saturated heterocycles. The second kappa shape index (κ2) is 5.59. The van der Waals surface area contributed by atoms with Gasteiger partial charge in [-0.15, -0.1) is 0 Å². The zero-order valence-corrected chi connectivity index (χ0v) is 13.1. The molecule has 3 rings (SSSR count). The molecule has 5 heteroatoms. The van der Waals surface area contributed by atoms with Crippen molar-refractivity contribution in [3.8, 4) is 0 Å². The Bertz CT molecular complexity index is 427. The minimum atomic E-state index is -0.299. The van der Waals surface area contributed by atoms with E-state index in [-0.39, 0.29) is 29.3 Å². The van der Waals surface area contributed by atoms with E-state index < -0.39 is 0 Å². The number of nitrogens with one attached hydrogen (secondary N) is 1. The van der Waals surface area contributed by atoms with Gasteiger partial charge in [0, 0.05) is 19.8 Å². The molecule has 5 nitrogen and oxygen atoms in total. The predicted molar refractivity (Wildman–Crippen MR) is 78.6 cm³/mol. The van der Waals surface area contributed by atoms with Gasteiger partial charge in [0.05, 0.1) is 0 Å². The summed E-state index contributed by atoms with van der Waals surface area (Å²) in [5, 5.41) is 2.95. The highest BCUT2D eigenvalue weighted by Gasteiger charge is 2.47. The number of piperazine rings is 1. The number of carbonyl (C=O) groups is 2. The number of ether oxygens (including phenoxy) is 1. The lowest BCUT2D eigenvalue weighted by Gasteiger charge is -2.44. The van der Waals surface area contributed by atoms with Crippen molar-refractivity contribution in [2.24, 2.45) is 11.3 Å². The first-order chi connectivity index (χ1) is 10.0. The summed E-state index contributed by atoms with van der Waals surface area (Å²) in [5.74, 6) is 0.533. The van der Waals surface area contributed by atoms with Gasteiger partial charge in [-0.3, -0.25) is 9.59 Å². The molecule has 1 saturated carbocycles. The number of hydrogen-bond acceptors (Lipinski definition) is 3. The normalized spacial score (nSPS) is 33.0. The monoisotopic (exact) mass is 294 g/mol. The number of nitrogens with zero attached hydrogens (tertiary/aromatic N) is 1. The molecule has 3 aliphatic rings. The maximum Gasteiger partial charge on any atom is 0.246 e. The highest BCUT2D eigenvalue weighted by Crippen LogP contribution is 2.37. The SMILES string of the molecule is CCC1C(=O)NC(C2CC2)C(=O)N1CC1(C)CCOCC1. The van der Waals surface area contributed by atoms with E-state index in [0.717, 1.165) is 38.9 Å². The lowest BCUT2D eigenvalue weighted by atomic mass is 9.81. The van der Waals surface area contributed by atoms with E-state index in [4.69, 9.17) is 4.74 Å². The maximum absolute atomic E-state index is 12.8. The van der Waals surface area contributed by atoms with Crippen LogP contribution in [0.4, 0.5) is 0 Å². The zero-order valence-electron chi connectivity index (χ0n) is 13.1. The summed E-state index contributed by atoms with van der Waals surface area (Å²) in [4.78, 5) is 27.0. The summed E-state index contributed by atoms with van der Waals surface area (Å²) >= 11 is 0. The highest BCUT2D eigenvalue weighted by atomic mass is 16.5. The number of hydrogen-bond donors (Lipinski definition) is 1. The average Bonchev–Trinajstić information content (AvgIpc) is 3.28. The van der Waals surface area contributed by atoms with Crippen molar-refractivity contribution in [3.63, 3.8) is 0 Å². The molecule has 2 atom stereocenters. The zero-order chi connectivity index (χ0) is 15.0. The summed E-state index contributed by atoms with van der Waals surface area (Å²) in [6, 6.07) is -0.573. The van der Waals surface area contributed by atoms with Crippen molar-refractivity contribution in [2.75, 3.05) is 19.8 Å². The van der Waals surface area contributed by atoms with E-state index in [2.05, 4.69) is 12.2 Å². The van der Waals surface area contributed by atoms with E-state index in [1.807, 2.05) is 11.8 Å². The van der Waals surface area contributed by atoms with Crippen LogP contribution in [0.15, 0.2) is 0 Å². The van der Waals surface area contributed by atoms with Crippen LogP contribution in [-0.2, 0) is 14.3 Å². The first kappa shape index (κ1) is 14.8. The van der Waals surface area contributed by atoms with Crippen LogP contribution in [0, 0.1) is 11.3 Å². The molecule has 21 heavy (non-hydrogen) atoms. The Labute approximate surface area is 126 Å². The lowest BCUT2D eigenvalue weighted by Crippen LogP contribution is -2.65. The fourth-order valence-corrected chi connectivity index (χ4v) is 3.56. The van der Waals surface area contributed by atoms with Crippen molar-refractivity contribution >= 4 is 11.8 Å². The lowest BCUT2D eigenvalue weighted by molar-refractivity contribution is -0.153. The Kier molecular flexibility index (Phi) is 3.95.